The lowest BCUT2D eigenvalue weighted by molar-refractivity contribution is -0.121. The molecule has 3 rings (SSSR count). The van der Waals surface area contributed by atoms with Crippen LogP contribution in [0.4, 0.5) is 18.9 Å². The number of nitrogens with one attached hydrogen (secondary N) is 2. The van der Waals surface area contributed by atoms with E-state index in [9.17, 15) is 18.0 Å². The highest BCUT2D eigenvalue weighted by atomic mass is 35.5. The van der Waals surface area contributed by atoms with Crippen molar-refractivity contribution in [3.8, 4) is 11.1 Å². The average Bonchev–Trinajstić information content (AvgIpc) is 2.51. The maximum atomic E-state index is 13.5. The number of carbonyl (C=O) groups is 1. The summed E-state index contributed by atoms with van der Waals surface area (Å²) >= 11 is 0. The summed E-state index contributed by atoms with van der Waals surface area (Å²) in [7, 11) is 0. The van der Waals surface area contributed by atoms with Crippen molar-refractivity contribution in [3.05, 3.63) is 53.8 Å². The molecule has 7 heteroatoms. The molecule has 1 aliphatic rings. The highest BCUT2D eigenvalue weighted by Gasteiger charge is 2.29. The smallest absolute Gasteiger partial charge is 0.227 e. The van der Waals surface area contributed by atoms with E-state index in [2.05, 4.69) is 10.6 Å². The number of hydrogen-bond donors (Lipinski definition) is 2. The monoisotopic (exact) mass is 370 g/mol. The molecule has 2 aromatic carbocycles. The van der Waals surface area contributed by atoms with Gasteiger partial charge in [0, 0.05) is 17.2 Å². The lowest BCUT2D eigenvalue weighted by atomic mass is 9.88. The fourth-order valence-corrected chi connectivity index (χ4v) is 2.68. The summed E-state index contributed by atoms with van der Waals surface area (Å²) < 4.78 is 40.1. The van der Waals surface area contributed by atoms with E-state index in [4.69, 9.17) is 0 Å². The van der Waals surface area contributed by atoms with Crippen molar-refractivity contribution in [2.75, 3.05) is 18.4 Å². The van der Waals surface area contributed by atoms with E-state index in [0.717, 1.165) is 25.2 Å². The van der Waals surface area contributed by atoms with Crippen LogP contribution in [0, 0.1) is 29.3 Å². The minimum Gasteiger partial charge on any atom is -0.325 e. The molecule has 1 heterocycles. The quantitative estimate of drug-likeness (QED) is 0.799. The number of halogens is 4. The van der Waals surface area contributed by atoms with Crippen LogP contribution in [0.2, 0.25) is 0 Å². The summed E-state index contributed by atoms with van der Waals surface area (Å²) in [5.74, 6) is -4.10. The van der Waals surface area contributed by atoms with Crippen LogP contribution in [-0.4, -0.2) is 19.0 Å². The molecule has 2 aromatic rings. The van der Waals surface area contributed by atoms with Crippen molar-refractivity contribution in [3.63, 3.8) is 0 Å². The molecule has 1 saturated heterocycles. The molecule has 0 aliphatic carbocycles. The summed E-state index contributed by atoms with van der Waals surface area (Å²) in [6, 6.07) is 8.51. The van der Waals surface area contributed by atoms with Crippen LogP contribution >= 0.6 is 12.4 Å². The third-order valence-electron chi connectivity index (χ3n) is 4.41. The van der Waals surface area contributed by atoms with Crippen LogP contribution in [0.5, 0.6) is 0 Å². The van der Waals surface area contributed by atoms with Gasteiger partial charge in [0.05, 0.1) is 0 Å². The van der Waals surface area contributed by atoms with Crippen molar-refractivity contribution in [1.82, 2.24) is 5.32 Å². The molecule has 1 amide bonds. The molecule has 1 aliphatic heterocycles. The lowest BCUT2D eigenvalue weighted by Gasteiger charge is -2.31. The van der Waals surface area contributed by atoms with Crippen LogP contribution in [0.1, 0.15) is 6.92 Å². The first-order valence-corrected chi connectivity index (χ1v) is 7.73. The van der Waals surface area contributed by atoms with Crippen LogP contribution in [0.3, 0.4) is 0 Å². The molecule has 0 bridgehead atoms. The van der Waals surface area contributed by atoms with E-state index in [0.29, 0.717) is 11.3 Å². The normalized spacial score (nSPS) is 15.0. The fourth-order valence-electron chi connectivity index (χ4n) is 2.68. The van der Waals surface area contributed by atoms with Crippen molar-refractivity contribution < 1.29 is 18.0 Å². The third-order valence-corrected chi connectivity index (χ3v) is 4.41. The molecule has 134 valence electrons. The van der Waals surface area contributed by atoms with Gasteiger partial charge in [-0.15, -0.1) is 12.4 Å². The second-order valence-electron chi connectivity index (χ2n) is 6.00. The number of carbonyl (C=O) groups excluding carboxylic acids is 1. The highest BCUT2D eigenvalue weighted by molar-refractivity contribution is 5.96. The van der Waals surface area contributed by atoms with Crippen molar-refractivity contribution in [2.24, 2.45) is 11.8 Å². The average molecular weight is 371 g/mol. The van der Waals surface area contributed by atoms with Crippen LogP contribution in [-0.2, 0) is 4.79 Å². The van der Waals surface area contributed by atoms with E-state index in [1.807, 2.05) is 6.92 Å². The Morgan fingerprint density at radius 1 is 1.16 bits per heavy atom. The zero-order valence-electron chi connectivity index (χ0n) is 13.5. The molecule has 0 aromatic heterocycles. The third kappa shape index (κ3) is 3.96. The fraction of sp³-hybridized carbons (Fsp3) is 0.278. The Morgan fingerprint density at radius 3 is 2.32 bits per heavy atom. The molecule has 1 unspecified atom stereocenters. The number of hydrogen-bond acceptors (Lipinski definition) is 2. The number of anilines is 1. The zero-order valence-corrected chi connectivity index (χ0v) is 14.3. The van der Waals surface area contributed by atoms with Gasteiger partial charge in [-0.05, 0) is 42.8 Å². The largest absolute Gasteiger partial charge is 0.325 e. The summed E-state index contributed by atoms with van der Waals surface area (Å²) in [6.45, 7) is 3.44. The maximum Gasteiger partial charge on any atom is 0.227 e. The Kier molecular flexibility index (Phi) is 6.08. The van der Waals surface area contributed by atoms with Gasteiger partial charge in [-0.1, -0.05) is 25.1 Å². The second-order valence-corrected chi connectivity index (χ2v) is 6.00. The molecule has 25 heavy (non-hydrogen) atoms. The van der Waals surface area contributed by atoms with Gasteiger partial charge in [-0.3, -0.25) is 4.79 Å². The minimum absolute atomic E-state index is 0. The summed E-state index contributed by atoms with van der Waals surface area (Å²) in [5, 5.41) is 5.92. The first-order valence-electron chi connectivity index (χ1n) is 7.73. The first-order chi connectivity index (χ1) is 11.5. The predicted octanol–water partition coefficient (Wildman–Crippen LogP) is 3.99. The van der Waals surface area contributed by atoms with Crippen molar-refractivity contribution in [2.45, 2.75) is 6.92 Å². The number of amides is 1. The summed E-state index contributed by atoms with van der Waals surface area (Å²) in [5.41, 5.74) is 1.04. The van der Waals surface area contributed by atoms with E-state index >= 15 is 0 Å². The molecule has 0 spiro atoms. The Balaban J connectivity index is 0.00000225. The Labute approximate surface area is 150 Å². The Morgan fingerprint density at radius 2 is 1.76 bits per heavy atom. The summed E-state index contributed by atoms with van der Waals surface area (Å²) in [4.78, 5) is 12.4. The van der Waals surface area contributed by atoms with Gasteiger partial charge < -0.3 is 10.6 Å². The highest BCUT2D eigenvalue weighted by Crippen LogP contribution is 2.31. The Hall–Kier alpha value is -2.05. The number of para-hydroxylation sites is 1. The SMILES string of the molecule is CC(C(=O)Nc1ccccc1-c1cc(F)c(F)c(F)c1)C1CNC1.Cl. The lowest BCUT2D eigenvalue weighted by Crippen LogP contribution is -2.48. The van der Waals surface area contributed by atoms with Gasteiger partial charge in [0.2, 0.25) is 5.91 Å². The molecule has 1 fully saturated rings. The topological polar surface area (TPSA) is 41.1 Å². The summed E-state index contributed by atoms with van der Waals surface area (Å²) in [6.07, 6.45) is 0. The van der Waals surface area contributed by atoms with Crippen LogP contribution in [0.25, 0.3) is 11.1 Å². The molecule has 1 atom stereocenters. The van der Waals surface area contributed by atoms with Gasteiger partial charge in [0.1, 0.15) is 0 Å². The van der Waals surface area contributed by atoms with E-state index in [1.54, 1.807) is 24.3 Å². The molecule has 0 radical (unpaired) electrons. The van der Waals surface area contributed by atoms with Gasteiger partial charge in [0.25, 0.3) is 0 Å². The van der Waals surface area contributed by atoms with Crippen LogP contribution < -0.4 is 10.6 Å². The van der Waals surface area contributed by atoms with Gasteiger partial charge in [-0.25, -0.2) is 13.2 Å². The Bertz CT molecular complexity index is 758. The molecule has 0 saturated carbocycles. The van der Waals surface area contributed by atoms with Gasteiger partial charge in [-0.2, -0.15) is 0 Å². The molecule has 3 nitrogen and oxygen atoms in total. The molecule has 2 N–H and O–H groups in total. The van der Waals surface area contributed by atoms with Crippen LogP contribution in [0.15, 0.2) is 36.4 Å². The number of benzene rings is 2. The minimum atomic E-state index is -1.51. The van der Waals surface area contributed by atoms with Crippen molar-refractivity contribution in [1.29, 1.82) is 0 Å². The molecular weight excluding hydrogens is 353 g/mol. The second kappa shape index (κ2) is 7.89. The van der Waals surface area contributed by atoms with Gasteiger partial charge in [0.15, 0.2) is 17.5 Å². The van der Waals surface area contributed by atoms with Gasteiger partial charge >= 0.3 is 0 Å². The number of rotatable bonds is 4. The van der Waals surface area contributed by atoms with E-state index < -0.39 is 17.5 Å². The molecular formula is C18H18ClF3N2O. The predicted molar refractivity (Wildman–Crippen MR) is 93.2 cm³/mol. The first kappa shape index (κ1) is 19.3. The zero-order chi connectivity index (χ0) is 17.3. The maximum absolute atomic E-state index is 13.5. The van der Waals surface area contributed by atoms with E-state index in [-0.39, 0.29) is 35.7 Å². The standard InChI is InChI=1S/C18H17F3N2O.ClH/c1-10(12-8-22-9-12)18(24)23-16-5-3-2-4-13(16)11-6-14(19)17(21)15(20)7-11;/h2-7,10,12,22H,8-9H2,1H3,(H,23,24);1H. The van der Waals surface area contributed by atoms with Crippen molar-refractivity contribution >= 4 is 24.0 Å². The van der Waals surface area contributed by atoms with E-state index in [1.165, 1.54) is 0 Å².